The molecule has 3 heterocycles. The van der Waals surface area contributed by atoms with Gasteiger partial charge in [-0.05, 0) is 30.3 Å². The molecule has 0 N–H and O–H groups in total. The molecule has 30 heavy (non-hydrogen) atoms. The molecule has 156 valence electrons. The van der Waals surface area contributed by atoms with E-state index in [1.54, 1.807) is 31.4 Å². The van der Waals surface area contributed by atoms with Crippen molar-refractivity contribution in [3.63, 3.8) is 0 Å². The smallest absolute Gasteiger partial charge is 0.231 e. The zero-order chi connectivity index (χ0) is 20.7. The van der Waals surface area contributed by atoms with E-state index in [0.29, 0.717) is 54.1 Å². The lowest BCUT2D eigenvalue weighted by atomic mass is 10.0. The fourth-order valence-corrected chi connectivity index (χ4v) is 4.07. The van der Waals surface area contributed by atoms with Crippen LogP contribution in [0.4, 0.5) is 0 Å². The number of benzene rings is 2. The molecule has 0 saturated carbocycles. The van der Waals surface area contributed by atoms with E-state index in [-0.39, 0.29) is 18.3 Å². The summed E-state index contributed by atoms with van der Waals surface area (Å²) in [6.45, 7) is 2.98. The van der Waals surface area contributed by atoms with Gasteiger partial charge in [0.2, 0.25) is 5.78 Å². The standard InChI is InChI=1S/C22H20ClNO6/c1-26-5-4-24-9-17-18(28-11-24)3-2-16-20(25)19(30-22(16)17)8-13-6-15(23)7-14-10-27-12-29-21(13)14/h2-3,6-8H,4-5,9-12H2,1H3/b19-8-. The Morgan fingerprint density at radius 2 is 2.13 bits per heavy atom. The van der Waals surface area contributed by atoms with Crippen molar-refractivity contribution in [3.05, 3.63) is 57.3 Å². The lowest BCUT2D eigenvalue weighted by Gasteiger charge is -2.29. The van der Waals surface area contributed by atoms with Crippen LogP contribution < -0.4 is 14.2 Å². The summed E-state index contributed by atoms with van der Waals surface area (Å²) in [6, 6.07) is 7.13. The van der Waals surface area contributed by atoms with Gasteiger partial charge in [0.25, 0.3) is 0 Å². The van der Waals surface area contributed by atoms with Crippen molar-refractivity contribution in [2.45, 2.75) is 13.2 Å². The molecule has 0 bridgehead atoms. The molecular weight excluding hydrogens is 410 g/mol. The molecule has 5 rings (SSSR count). The predicted molar refractivity (Wildman–Crippen MR) is 109 cm³/mol. The largest absolute Gasteiger partial charge is 0.478 e. The maximum Gasteiger partial charge on any atom is 0.231 e. The van der Waals surface area contributed by atoms with Gasteiger partial charge in [-0.1, -0.05) is 11.6 Å². The molecule has 3 aliphatic heterocycles. The number of allylic oxidation sites excluding steroid dienone is 1. The summed E-state index contributed by atoms with van der Waals surface area (Å²) in [5.74, 6) is 1.99. The van der Waals surface area contributed by atoms with Crippen molar-refractivity contribution in [3.8, 4) is 17.2 Å². The van der Waals surface area contributed by atoms with Crippen LogP contribution in [-0.2, 0) is 22.6 Å². The van der Waals surface area contributed by atoms with Crippen LogP contribution in [0.2, 0.25) is 5.02 Å². The van der Waals surface area contributed by atoms with Crippen LogP contribution in [-0.4, -0.2) is 44.5 Å². The lowest BCUT2D eigenvalue weighted by Crippen LogP contribution is -2.34. The minimum absolute atomic E-state index is 0.155. The van der Waals surface area contributed by atoms with Crippen LogP contribution in [0.5, 0.6) is 17.2 Å². The molecule has 3 aliphatic rings. The highest BCUT2D eigenvalue weighted by atomic mass is 35.5. The summed E-state index contributed by atoms with van der Waals surface area (Å²) in [4.78, 5) is 15.1. The Bertz CT molecular complexity index is 1050. The van der Waals surface area contributed by atoms with Gasteiger partial charge in [0.1, 0.15) is 24.0 Å². The summed E-state index contributed by atoms with van der Waals surface area (Å²) in [6.07, 6.45) is 1.68. The van der Waals surface area contributed by atoms with Gasteiger partial charge in [0.15, 0.2) is 12.6 Å². The summed E-state index contributed by atoms with van der Waals surface area (Å²) in [7, 11) is 1.67. The quantitative estimate of drug-likeness (QED) is 0.687. The number of carbonyl (C=O) groups excluding carboxylic acids is 1. The second kappa shape index (κ2) is 7.92. The van der Waals surface area contributed by atoms with E-state index < -0.39 is 0 Å². The third-order valence-corrected chi connectivity index (χ3v) is 5.50. The summed E-state index contributed by atoms with van der Waals surface area (Å²) < 4.78 is 28.0. The lowest BCUT2D eigenvalue weighted by molar-refractivity contribution is -0.0165. The third-order valence-electron chi connectivity index (χ3n) is 5.28. The van der Waals surface area contributed by atoms with E-state index >= 15 is 0 Å². The van der Waals surface area contributed by atoms with Crippen molar-refractivity contribution in [1.29, 1.82) is 0 Å². The second-order valence-corrected chi connectivity index (χ2v) is 7.71. The molecule has 0 spiro atoms. The molecule has 0 fully saturated rings. The fourth-order valence-electron chi connectivity index (χ4n) is 3.83. The van der Waals surface area contributed by atoms with Gasteiger partial charge in [0, 0.05) is 36.3 Å². The van der Waals surface area contributed by atoms with Crippen LogP contribution in [0, 0.1) is 0 Å². The number of ether oxygens (including phenoxy) is 5. The Kier molecular flexibility index (Phi) is 5.12. The van der Waals surface area contributed by atoms with Gasteiger partial charge >= 0.3 is 0 Å². The van der Waals surface area contributed by atoms with Gasteiger partial charge in [-0.25, -0.2) is 0 Å². The van der Waals surface area contributed by atoms with E-state index in [9.17, 15) is 4.79 Å². The fraction of sp³-hybridized carbons (Fsp3) is 0.318. The molecule has 0 aliphatic carbocycles. The molecule has 0 saturated heterocycles. The predicted octanol–water partition coefficient (Wildman–Crippen LogP) is 3.62. The first-order valence-corrected chi connectivity index (χ1v) is 9.99. The van der Waals surface area contributed by atoms with E-state index in [4.69, 9.17) is 35.3 Å². The molecule has 2 aromatic rings. The normalized spacial score (nSPS) is 18.9. The van der Waals surface area contributed by atoms with Gasteiger partial charge in [-0.2, -0.15) is 0 Å². The minimum Gasteiger partial charge on any atom is -0.478 e. The van der Waals surface area contributed by atoms with Crippen molar-refractivity contribution >= 4 is 23.5 Å². The van der Waals surface area contributed by atoms with Crippen molar-refractivity contribution < 1.29 is 28.5 Å². The van der Waals surface area contributed by atoms with Crippen LogP contribution in [0.25, 0.3) is 6.08 Å². The van der Waals surface area contributed by atoms with Crippen molar-refractivity contribution in [2.75, 3.05) is 33.8 Å². The number of Topliss-reactive ketones (excluding diaryl/α,β-unsaturated/α-hetero) is 1. The van der Waals surface area contributed by atoms with Gasteiger partial charge in [-0.15, -0.1) is 0 Å². The summed E-state index contributed by atoms with van der Waals surface area (Å²) in [5.41, 5.74) is 2.91. The molecule has 0 amide bonds. The zero-order valence-electron chi connectivity index (χ0n) is 16.4. The van der Waals surface area contributed by atoms with Crippen LogP contribution in [0.3, 0.4) is 0 Å². The zero-order valence-corrected chi connectivity index (χ0v) is 17.2. The van der Waals surface area contributed by atoms with Crippen LogP contribution in [0.15, 0.2) is 30.0 Å². The van der Waals surface area contributed by atoms with E-state index in [1.807, 2.05) is 6.07 Å². The second-order valence-electron chi connectivity index (χ2n) is 7.27. The van der Waals surface area contributed by atoms with Crippen LogP contribution in [0.1, 0.15) is 27.0 Å². The average Bonchev–Trinajstić information content (AvgIpc) is 3.08. The molecule has 7 nitrogen and oxygen atoms in total. The topological polar surface area (TPSA) is 66.5 Å². The summed E-state index contributed by atoms with van der Waals surface area (Å²) >= 11 is 6.25. The highest BCUT2D eigenvalue weighted by molar-refractivity contribution is 6.31. The maximum absolute atomic E-state index is 13.0. The number of hydrogen-bond donors (Lipinski definition) is 0. The van der Waals surface area contributed by atoms with E-state index in [1.165, 1.54) is 0 Å². The van der Waals surface area contributed by atoms with Gasteiger partial charge < -0.3 is 23.7 Å². The van der Waals surface area contributed by atoms with Crippen molar-refractivity contribution in [2.24, 2.45) is 0 Å². The number of rotatable bonds is 4. The monoisotopic (exact) mass is 429 g/mol. The van der Waals surface area contributed by atoms with E-state index in [2.05, 4.69) is 4.90 Å². The molecule has 0 radical (unpaired) electrons. The summed E-state index contributed by atoms with van der Waals surface area (Å²) in [5, 5.41) is 0.539. The van der Waals surface area contributed by atoms with E-state index in [0.717, 1.165) is 23.4 Å². The minimum atomic E-state index is -0.178. The first kappa shape index (κ1) is 19.4. The number of halogens is 1. The first-order chi connectivity index (χ1) is 14.6. The molecule has 0 atom stereocenters. The van der Waals surface area contributed by atoms with Crippen LogP contribution >= 0.6 is 11.6 Å². The number of methoxy groups -OCH3 is 1. The SMILES string of the molecule is COCCN1COc2ccc3c(c2C1)O/C(=C\c1cc(Cl)cc2c1OCOC2)C3=O. The highest BCUT2D eigenvalue weighted by Crippen LogP contribution is 2.43. The Balaban J connectivity index is 1.49. The van der Waals surface area contributed by atoms with Gasteiger partial charge in [-0.3, -0.25) is 9.69 Å². The molecule has 0 aromatic heterocycles. The molecule has 0 unspecified atom stereocenters. The third kappa shape index (κ3) is 3.44. The highest BCUT2D eigenvalue weighted by Gasteiger charge is 2.34. The Labute approximate surface area is 178 Å². The average molecular weight is 430 g/mol. The number of ketones is 1. The Morgan fingerprint density at radius 1 is 1.23 bits per heavy atom. The maximum atomic E-state index is 13.0. The molecular formula is C22H20ClNO6. The van der Waals surface area contributed by atoms with Gasteiger partial charge in [0.05, 0.1) is 24.3 Å². The van der Waals surface area contributed by atoms with Crippen molar-refractivity contribution in [1.82, 2.24) is 4.90 Å². The molecule has 8 heteroatoms. The first-order valence-electron chi connectivity index (χ1n) is 9.61. The Morgan fingerprint density at radius 3 is 3.00 bits per heavy atom. The number of carbonyl (C=O) groups is 1. The number of hydrogen-bond acceptors (Lipinski definition) is 7. The number of fused-ring (bicyclic) bond motifs is 4. The molecule has 2 aromatic carbocycles. The Hall–Kier alpha value is -2.58. The number of nitrogens with zero attached hydrogens (tertiary/aromatic N) is 1.